The maximum absolute atomic E-state index is 11.8. The first-order valence-corrected chi connectivity index (χ1v) is 7.88. The van der Waals surface area contributed by atoms with Gasteiger partial charge in [-0.1, -0.05) is 6.07 Å². The Hall–Kier alpha value is -1.73. The predicted octanol–water partition coefficient (Wildman–Crippen LogP) is 2.16. The highest BCUT2D eigenvalue weighted by molar-refractivity contribution is 7.98. The third kappa shape index (κ3) is 4.64. The van der Waals surface area contributed by atoms with Crippen LogP contribution in [0.4, 0.5) is 10.5 Å². The smallest absolute Gasteiger partial charge is 0.332 e. The van der Waals surface area contributed by atoms with Crippen molar-refractivity contribution in [3.63, 3.8) is 0 Å². The lowest BCUT2D eigenvalue weighted by Crippen LogP contribution is -2.35. The van der Waals surface area contributed by atoms with E-state index in [1.165, 1.54) is 0 Å². The molecule has 2 rings (SSSR count). The molecule has 0 saturated carbocycles. The lowest BCUT2D eigenvalue weighted by atomic mass is 10.2. The first-order valence-electron chi connectivity index (χ1n) is 6.65. The Morgan fingerprint density at radius 1 is 1.43 bits per heavy atom. The van der Waals surface area contributed by atoms with E-state index in [9.17, 15) is 9.59 Å². The van der Waals surface area contributed by atoms with Crippen molar-refractivity contribution in [2.45, 2.75) is 29.9 Å². The van der Waals surface area contributed by atoms with Gasteiger partial charge in [0.2, 0.25) is 0 Å². The number of carboxylic acid groups (broad SMARTS) is 1. The molecule has 1 heterocycles. The number of benzene rings is 1. The molecule has 7 heteroatoms. The lowest BCUT2D eigenvalue weighted by Gasteiger charge is -2.13. The van der Waals surface area contributed by atoms with E-state index in [4.69, 9.17) is 9.84 Å². The molecule has 1 aliphatic rings. The van der Waals surface area contributed by atoms with Gasteiger partial charge in [0, 0.05) is 17.1 Å². The zero-order valence-electron chi connectivity index (χ0n) is 11.7. The molecular formula is C14H18N2O4S. The Labute approximate surface area is 127 Å². The van der Waals surface area contributed by atoms with Gasteiger partial charge in [-0.25, -0.2) is 9.59 Å². The Kier molecular flexibility index (Phi) is 5.46. The molecule has 0 radical (unpaired) electrons. The van der Waals surface area contributed by atoms with Gasteiger partial charge in [-0.05, 0) is 37.3 Å². The number of hydrogen-bond acceptors (Lipinski definition) is 4. The topological polar surface area (TPSA) is 87.7 Å². The van der Waals surface area contributed by atoms with Crippen molar-refractivity contribution >= 4 is 29.4 Å². The van der Waals surface area contributed by atoms with Gasteiger partial charge in [-0.2, -0.15) is 0 Å². The number of urea groups is 1. The first kappa shape index (κ1) is 15.7. The van der Waals surface area contributed by atoms with Crippen molar-refractivity contribution < 1.29 is 19.4 Å². The molecule has 21 heavy (non-hydrogen) atoms. The molecule has 3 N–H and O–H groups in total. The Morgan fingerprint density at radius 2 is 2.24 bits per heavy atom. The van der Waals surface area contributed by atoms with E-state index in [0.29, 0.717) is 19.4 Å². The summed E-state index contributed by atoms with van der Waals surface area (Å²) in [4.78, 5) is 23.6. The van der Waals surface area contributed by atoms with E-state index in [1.807, 2.05) is 30.5 Å². The van der Waals surface area contributed by atoms with Crippen LogP contribution < -0.4 is 10.6 Å². The number of anilines is 1. The SMILES string of the molecule is CSc1cccc(NC(=O)NCC2CCC(C(=O)O)O2)c1. The normalized spacial score (nSPS) is 21.0. The molecule has 114 valence electrons. The van der Waals surface area contributed by atoms with Crippen LogP contribution >= 0.6 is 11.8 Å². The molecule has 1 saturated heterocycles. The number of carbonyl (C=O) groups excluding carboxylic acids is 1. The zero-order chi connectivity index (χ0) is 15.2. The molecule has 1 fully saturated rings. The molecular weight excluding hydrogens is 292 g/mol. The van der Waals surface area contributed by atoms with E-state index in [1.54, 1.807) is 11.8 Å². The third-order valence-electron chi connectivity index (χ3n) is 3.20. The first-order chi connectivity index (χ1) is 10.1. The van der Waals surface area contributed by atoms with E-state index >= 15 is 0 Å². The molecule has 0 bridgehead atoms. The fourth-order valence-corrected chi connectivity index (χ4v) is 2.58. The highest BCUT2D eigenvalue weighted by Crippen LogP contribution is 2.20. The summed E-state index contributed by atoms with van der Waals surface area (Å²) in [6.45, 7) is 0.303. The minimum atomic E-state index is -0.948. The number of ether oxygens (including phenoxy) is 1. The second-order valence-corrected chi connectivity index (χ2v) is 5.61. The summed E-state index contributed by atoms with van der Waals surface area (Å²) < 4.78 is 5.31. The minimum absolute atomic E-state index is 0.241. The minimum Gasteiger partial charge on any atom is -0.479 e. The van der Waals surface area contributed by atoms with Crippen molar-refractivity contribution in [2.24, 2.45) is 0 Å². The quantitative estimate of drug-likeness (QED) is 0.725. The second-order valence-electron chi connectivity index (χ2n) is 4.73. The zero-order valence-corrected chi connectivity index (χ0v) is 12.5. The summed E-state index contributed by atoms with van der Waals surface area (Å²) in [6, 6.07) is 7.21. The van der Waals surface area contributed by atoms with E-state index < -0.39 is 12.1 Å². The average Bonchev–Trinajstić information content (AvgIpc) is 2.94. The highest BCUT2D eigenvalue weighted by atomic mass is 32.2. The summed E-state index contributed by atoms with van der Waals surface area (Å²) in [5.74, 6) is -0.948. The number of rotatable bonds is 5. The summed E-state index contributed by atoms with van der Waals surface area (Å²) in [7, 11) is 0. The second kappa shape index (κ2) is 7.33. The van der Waals surface area contributed by atoms with E-state index in [0.717, 1.165) is 10.6 Å². The fourth-order valence-electron chi connectivity index (χ4n) is 2.12. The van der Waals surface area contributed by atoms with Gasteiger partial charge in [0.25, 0.3) is 0 Å². The van der Waals surface area contributed by atoms with Crippen LogP contribution in [0.3, 0.4) is 0 Å². The molecule has 1 aliphatic heterocycles. The van der Waals surface area contributed by atoms with Crippen LogP contribution in [-0.2, 0) is 9.53 Å². The standard InChI is InChI=1S/C14H18N2O4S/c1-21-11-4-2-3-9(7-11)16-14(19)15-8-10-5-6-12(20-10)13(17)18/h2-4,7,10,12H,5-6,8H2,1H3,(H,17,18)(H2,15,16,19). The fraction of sp³-hybridized carbons (Fsp3) is 0.429. The molecule has 0 aromatic heterocycles. The maximum Gasteiger partial charge on any atom is 0.332 e. The molecule has 1 aromatic rings. The lowest BCUT2D eigenvalue weighted by molar-refractivity contribution is -0.149. The van der Waals surface area contributed by atoms with Gasteiger partial charge in [0.1, 0.15) is 0 Å². The van der Waals surface area contributed by atoms with Gasteiger partial charge in [0.05, 0.1) is 6.10 Å². The molecule has 6 nitrogen and oxygen atoms in total. The van der Waals surface area contributed by atoms with Crippen LogP contribution in [0.5, 0.6) is 0 Å². The number of aliphatic carboxylic acids is 1. The van der Waals surface area contributed by atoms with Gasteiger partial charge in [-0.3, -0.25) is 0 Å². The van der Waals surface area contributed by atoms with Crippen molar-refractivity contribution in [3.8, 4) is 0 Å². The van der Waals surface area contributed by atoms with Crippen LogP contribution in [0.1, 0.15) is 12.8 Å². The third-order valence-corrected chi connectivity index (χ3v) is 3.93. The van der Waals surface area contributed by atoms with Gasteiger partial charge in [-0.15, -0.1) is 11.8 Å². The molecule has 0 spiro atoms. The van der Waals surface area contributed by atoms with Crippen LogP contribution in [0.25, 0.3) is 0 Å². The molecule has 2 amide bonds. The molecule has 1 aromatic carbocycles. The summed E-state index contributed by atoms with van der Waals surface area (Å²) in [5, 5.41) is 14.3. The summed E-state index contributed by atoms with van der Waals surface area (Å²) in [6.07, 6.45) is 2.10. The summed E-state index contributed by atoms with van der Waals surface area (Å²) in [5.41, 5.74) is 0.718. The number of hydrogen-bond donors (Lipinski definition) is 3. The summed E-state index contributed by atoms with van der Waals surface area (Å²) >= 11 is 1.60. The van der Waals surface area contributed by atoms with Crippen LogP contribution in [0.15, 0.2) is 29.2 Å². The predicted molar refractivity (Wildman–Crippen MR) is 80.8 cm³/mol. The number of carbonyl (C=O) groups is 2. The van der Waals surface area contributed by atoms with Crippen molar-refractivity contribution in [3.05, 3.63) is 24.3 Å². The number of nitrogens with one attached hydrogen (secondary N) is 2. The average molecular weight is 310 g/mol. The Balaban J connectivity index is 1.76. The number of carboxylic acids is 1. The van der Waals surface area contributed by atoms with Gasteiger partial charge >= 0.3 is 12.0 Å². The Bertz CT molecular complexity index is 523. The van der Waals surface area contributed by atoms with Gasteiger partial charge < -0.3 is 20.5 Å². The van der Waals surface area contributed by atoms with Gasteiger partial charge in [0.15, 0.2) is 6.10 Å². The highest BCUT2D eigenvalue weighted by Gasteiger charge is 2.30. The molecule has 0 aliphatic carbocycles. The molecule has 2 unspecified atom stereocenters. The van der Waals surface area contributed by atoms with Crippen LogP contribution in [0, 0.1) is 0 Å². The van der Waals surface area contributed by atoms with Crippen LogP contribution in [-0.4, -0.2) is 42.1 Å². The van der Waals surface area contributed by atoms with Crippen LogP contribution in [0.2, 0.25) is 0 Å². The number of thioether (sulfide) groups is 1. The largest absolute Gasteiger partial charge is 0.479 e. The Morgan fingerprint density at radius 3 is 2.90 bits per heavy atom. The van der Waals surface area contributed by atoms with E-state index in [2.05, 4.69) is 10.6 Å². The van der Waals surface area contributed by atoms with Crippen molar-refractivity contribution in [2.75, 3.05) is 18.1 Å². The monoisotopic (exact) mass is 310 g/mol. The number of amides is 2. The van der Waals surface area contributed by atoms with Crippen molar-refractivity contribution in [1.82, 2.24) is 5.32 Å². The maximum atomic E-state index is 11.8. The van der Waals surface area contributed by atoms with E-state index in [-0.39, 0.29) is 12.1 Å². The molecule has 2 atom stereocenters. The van der Waals surface area contributed by atoms with Crippen molar-refractivity contribution in [1.29, 1.82) is 0 Å².